The van der Waals surface area contributed by atoms with Crippen LogP contribution in [0.15, 0.2) is 39.6 Å². The van der Waals surface area contributed by atoms with Crippen LogP contribution in [0.2, 0.25) is 0 Å². The third-order valence-corrected chi connectivity index (χ3v) is 3.77. The van der Waals surface area contributed by atoms with Gasteiger partial charge in [0.1, 0.15) is 11.5 Å². The molecule has 3 rings (SSSR count). The monoisotopic (exact) mass is 274 g/mol. The van der Waals surface area contributed by atoms with Crippen LogP contribution in [0, 0.1) is 0 Å². The molecule has 108 valence electrons. The van der Waals surface area contributed by atoms with E-state index in [0.29, 0.717) is 6.04 Å². The molecule has 1 N–H and O–H groups in total. The SMILES string of the molecule is CCN(Cc1ccco1)Cc1ccoc1CNC1CC1. The van der Waals surface area contributed by atoms with Crippen molar-refractivity contribution in [3.05, 3.63) is 47.8 Å². The summed E-state index contributed by atoms with van der Waals surface area (Å²) < 4.78 is 11.0. The van der Waals surface area contributed by atoms with Gasteiger partial charge in [0.15, 0.2) is 0 Å². The van der Waals surface area contributed by atoms with Gasteiger partial charge in [-0.1, -0.05) is 6.92 Å². The van der Waals surface area contributed by atoms with E-state index in [4.69, 9.17) is 8.83 Å². The van der Waals surface area contributed by atoms with Gasteiger partial charge >= 0.3 is 0 Å². The number of rotatable bonds is 8. The number of hydrogen-bond acceptors (Lipinski definition) is 4. The zero-order valence-corrected chi connectivity index (χ0v) is 12.0. The Bertz CT molecular complexity index is 514. The van der Waals surface area contributed by atoms with E-state index in [9.17, 15) is 0 Å². The molecule has 0 aliphatic heterocycles. The van der Waals surface area contributed by atoms with Crippen LogP contribution in [0.3, 0.4) is 0 Å². The summed E-state index contributed by atoms with van der Waals surface area (Å²) in [5.74, 6) is 2.07. The van der Waals surface area contributed by atoms with Gasteiger partial charge in [-0.25, -0.2) is 0 Å². The van der Waals surface area contributed by atoms with E-state index in [1.165, 1.54) is 18.4 Å². The van der Waals surface area contributed by atoms with Crippen molar-refractivity contribution in [1.82, 2.24) is 10.2 Å². The Balaban J connectivity index is 1.58. The van der Waals surface area contributed by atoms with Crippen molar-refractivity contribution >= 4 is 0 Å². The lowest BCUT2D eigenvalue weighted by Gasteiger charge is -2.19. The summed E-state index contributed by atoms with van der Waals surface area (Å²) >= 11 is 0. The quantitative estimate of drug-likeness (QED) is 0.803. The molecule has 1 saturated carbocycles. The van der Waals surface area contributed by atoms with Crippen molar-refractivity contribution < 1.29 is 8.83 Å². The molecule has 1 aliphatic carbocycles. The molecule has 4 heteroatoms. The second-order valence-electron chi connectivity index (χ2n) is 5.41. The second kappa shape index (κ2) is 6.29. The van der Waals surface area contributed by atoms with Crippen molar-refractivity contribution in [3.8, 4) is 0 Å². The summed E-state index contributed by atoms with van der Waals surface area (Å²) in [6.07, 6.45) is 6.12. The Morgan fingerprint density at radius 2 is 2.10 bits per heavy atom. The van der Waals surface area contributed by atoms with Crippen LogP contribution in [0.25, 0.3) is 0 Å². The zero-order chi connectivity index (χ0) is 13.8. The predicted octanol–water partition coefficient (Wildman–Crippen LogP) is 3.15. The lowest BCUT2D eigenvalue weighted by atomic mass is 10.2. The molecule has 0 unspecified atom stereocenters. The van der Waals surface area contributed by atoms with Gasteiger partial charge in [0.05, 0.1) is 25.6 Å². The number of nitrogens with zero attached hydrogens (tertiary/aromatic N) is 1. The average Bonchev–Trinajstić information content (AvgIpc) is 2.97. The highest BCUT2D eigenvalue weighted by atomic mass is 16.3. The summed E-state index contributed by atoms with van der Waals surface area (Å²) in [6.45, 7) is 5.73. The number of hydrogen-bond donors (Lipinski definition) is 1. The largest absolute Gasteiger partial charge is 0.468 e. The highest BCUT2D eigenvalue weighted by Gasteiger charge is 2.21. The van der Waals surface area contributed by atoms with Crippen LogP contribution >= 0.6 is 0 Å². The van der Waals surface area contributed by atoms with E-state index in [0.717, 1.165) is 37.7 Å². The molecule has 4 nitrogen and oxygen atoms in total. The van der Waals surface area contributed by atoms with Crippen LogP contribution in [-0.2, 0) is 19.6 Å². The third-order valence-electron chi connectivity index (χ3n) is 3.77. The molecule has 0 atom stereocenters. The maximum Gasteiger partial charge on any atom is 0.122 e. The molecule has 0 spiro atoms. The van der Waals surface area contributed by atoms with Crippen molar-refractivity contribution in [2.24, 2.45) is 0 Å². The van der Waals surface area contributed by atoms with Gasteiger partial charge in [-0.15, -0.1) is 0 Å². The summed E-state index contributed by atoms with van der Waals surface area (Å²) in [7, 11) is 0. The minimum absolute atomic E-state index is 0.707. The normalized spacial score (nSPS) is 15.1. The molecular formula is C16H22N2O2. The summed E-state index contributed by atoms with van der Waals surface area (Å²) in [5, 5.41) is 3.51. The lowest BCUT2D eigenvalue weighted by Crippen LogP contribution is -2.23. The Hall–Kier alpha value is -1.52. The highest BCUT2D eigenvalue weighted by molar-refractivity contribution is 5.17. The van der Waals surface area contributed by atoms with E-state index in [-0.39, 0.29) is 0 Å². The molecule has 0 amide bonds. The predicted molar refractivity (Wildman–Crippen MR) is 77.1 cm³/mol. The molecular weight excluding hydrogens is 252 g/mol. The van der Waals surface area contributed by atoms with Gasteiger partial charge in [-0.3, -0.25) is 4.90 Å². The molecule has 0 bridgehead atoms. The molecule has 2 aromatic heterocycles. The minimum Gasteiger partial charge on any atom is -0.468 e. The Labute approximate surface area is 119 Å². The standard InChI is InChI=1S/C16H22N2O2/c1-2-18(12-15-4-3-8-19-15)11-13-7-9-20-16(13)10-17-14-5-6-14/h3-4,7-9,14,17H,2,5-6,10-12H2,1H3. The Morgan fingerprint density at radius 3 is 2.80 bits per heavy atom. The minimum atomic E-state index is 0.707. The van der Waals surface area contributed by atoms with Crippen molar-refractivity contribution in [3.63, 3.8) is 0 Å². The first-order valence-corrected chi connectivity index (χ1v) is 7.38. The number of furan rings is 2. The fourth-order valence-corrected chi connectivity index (χ4v) is 2.33. The molecule has 1 fully saturated rings. The summed E-state index contributed by atoms with van der Waals surface area (Å²) in [6, 6.07) is 6.74. The summed E-state index contributed by atoms with van der Waals surface area (Å²) in [5.41, 5.74) is 1.27. The summed E-state index contributed by atoms with van der Waals surface area (Å²) in [4.78, 5) is 2.35. The molecule has 20 heavy (non-hydrogen) atoms. The Kier molecular flexibility index (Phi) is 4.23. The van der Waals surface area contributed by atoms with Gasteiger partial charge < -0.3 is 14.2 Å². The molecule has 0 aromatic carbocycles. The van der Waals surface area contributed by atoms with E-state index < -0.39 is 0 Å². The van der Waals surface area contributed by atoms with Crippen LogP contribution in [0.1, 0.15) is 36.8 Å². The van der Waals surface area contributed by atoms with Gasteiger partial charge in [0.25, 0.3) is 0 Å². The fourth-order valence-electron chi connectivity index (χ4n) is 2.33. The fraction of sp³-hybridized carbons (Fsp3) is 0.500. The van der Waals surface area contributed by atoms with Crippen molar-refractivity contribution in [2.75, 3.05) is 6.54 Å². The van der Waals surface area contributed by atoms with Gasteiger partial charge in [0, 0.05) is 18.2 Å². The van der Waals surface area contributed by atoms with E-state index in [2.05, 4.69) is 23.2 Å². The number of nitrogens with one attached hydrogen (secondary N) is 1. The molecule has 2 heterocycles. The van der Waals surface area contributed by atoms with Gasteiger partial charge in [-0.05, 0) is 37.6 Å². The topological polar surface area (TPSA) is 41.6 Å². The maximum absolute atomic E-state index is 5.61. The van der Waals surface area contributed by atoms with E-state index in [1.807, 2.05) is 12.1 Å². The first kappa shape index (κ1) is 13.5. The third kappa shape index (κ3) is 3.52. The molecule has 0 radical (unpaired) electrons. The van der Waals surface area contributed by atoms with Crippen molar-refractivity contribution in [2.45, 2.75) is 45.4 Å². The smallest absolute Gasteiger partial charge is 0.122 e. The molecule has 2 aromatic rings. The molecule has 0 saturated heterocycles. The van der Waals surface area contributed by atoms with Crippen LogP contribution in [0.5, 0.6) is 0 Å². The first-order valence-electron chi connectivity index (χ1n) is 7.38. The zero-order valence-electron chi connectivity index (χ0n) is 12.0. The van der Waals surface area contributed by atoms with Crippen LogP contribution in [0.4, 0.5) is 0 Å². The van der Waals surface area contributed by atoms with Gasteiger partial charge in [-0.2, -0.15) is 0 Å². The molecule has 1 aliphatic rings. The Morgan fingerprint density at radius 1 is 1.20 bits per heavy atom. The average molecular weight is 274 g/mol. The van der Waals surface area contributed by atoms with Crippen molar-refractivity contribution in [1.29, 1.82) is 0 Å². The first-order chi connectivity index (χ1) is 9.85. The van der Waals surface area contributed by atoms with Gasteiger partial charge in [0.2, 0.25) is 0 Å². The highest BCUT2D eigenvalue weighted by Crippen LogP contribution is 2.21. The van der Waals surface area contributed by atoms with Crippen LogP contribution in [-0.4, -0.2) is 17.5 Å². The second-order valence-corrected chi connectivity index (χ2v) is 5.41. The van der Waals surface area contributed by atoms with Crippen LogP contribution < -0.4 is 5.32 Å². The maximum atomic E-state index is 5.61. The van der Waals surface area contributed by atoms with E-state index in [1.54, 1.807) is 12.5 Å². The van der Waals surface area contributed by atoms with E-state index >= 15 is 0 Å². The lowest BCUT2D eigenvalue weighted by molar-refractivity contribution is 0.245.